The lowest BCUT2D eigenvalue weighted by Crippen LogP contribution is -2.37. The van der Waals surface area contributed by atoms with Gasteiger partial charge in [-0.05, 0) is 58.4 Å². The molecule has 2 N–H and O–H groups in total. The minimum Gasteiger partial charge on any atom is -0.497 e. The zero-order valence-electron chi connectivity index (χ0n) is 15.8. The van der Waals surface area contributed by atoms with Crippen molar-refractivity contribution in [3.63, 3.8) is 0 Å². The maximum atomic E-state index is 12.6. The molecule has 0 spiro atoms. The van der Waals surface area contributed by atoms with Crippen LogP contribution in [0.5, 0.6) is 5.75 Å². The van der Waals surface area contributed by atoms with E-state index in [1.807, 2.05) is 19.9 Å². The van der Waals surface area contributed by atoms with Crippen LogP contribution in [0.3, 0.4) is 0 Å². The smallest absolute Gasteiger partial charge is 0.253 e. The maximum Gasteiger partial charge on any atom is 0.253 e. The van der Waals surface area contributed by atoms with E-state index < -0.39 is 12.1 Å². The van der Waals surface area contributed by atoms with Gasteiger partial charge in [0.1, 0.15) is 5.75 Å². The lowest BCUT2D eigenvalue weighted by Gasteiger charge is -2.21. The average Bonchev–Trinajstić information content (AvgIpc) is 2.88. The molecule has 2 rings (SSSR count). The number of nitrogens with one attached hydrogen (secondary N) is 1. The second kappa shape index (κ2) is 7.74. The van der Waals surface area contributed by atoms with Gasteiger partial charge in [-0.1, -0.05) is 12.1 Å². The number of hydrogen-bond donors (Lipinski definition) is 2. The van der Waals surface area contributed by atoms with Crippen LogP contribution in [-0.2, 0) is 0 Å². The molecule has 0 radical (unpaired) electrons. The molecule has 136 valence electrons. The number of rotatable bonds is 6. The average molecular weight is 344 g/mol. The van der Waals surface area contributed by atoms with Crippen molar-refractivity contribution in [3.8, 4) is 5.75 Å². The molecule has 1 amide bonds. The van der Waals surface area contributed by atoms with Crippen molar-refractivity contribution in [2.75, 3.05) is 7.11 Å². The molecule has 2 unspecified atom stereocenters. The molecule has 2 atom stereocenters. The van der Waals surface area contributed by atoms with Gasteiger partial charge < -0.3 is 19.7 Å². The van der Waals surface area contributed by atoms with Crippen LogP contribution in [0.4, 0.5) is 0 Å². The van der Waals surface area contributed by atoms with Gasteiger partial charge >= 0.3 is 0 Å². The van der Waals surface area contributed by atoms with Crippen LogP contribution >= 0.6 is 0 Å². The molecule has 0 fully saturated rings. The number of nitrogens with zero attached hydrogens (tertiary/aromatic N) is 1. The third-order valence-corrected chi connectivity index (χ3v) is 4.54. The third-order valence-electron chi connectivity index (χ3n) is 4.54. The molecule has 0 aliphatic heterocycles. The molecular weight excluding hydrogens is 316 g/mol. The molecule has 1 heterocycles. The summed E-state index contributed by atoms with van der Waals surface area (Å²) in [5.41, 5.74) is 3.39. The first-order valence-corrected chi connectivity index (χ1v) is 8.57. The van der Waals surface area contributed by atoms with E-state index in [-0.39, 0.29) is 5.91 Å². The topological polar surface area (TPSA) is 63.5 Å². The fraction of sp³-hybridized carbons (Fsp3) is 0.450. The molecule has 5 nitrogen and oxygen atoms in total. The Balaban J connectivity index is 2.12. The summed E-state index contributed by atoms with van der Waals surface area (Å²) in [6.07, 6.45) is -0.788. The first kappa shape index (κ1) is 19.1. The van der Waals surface area contributed by atoms with Crippen LogP contribution in [0.1, 0.15) is 60.2 Å². The van der Waals surface area contributed by atoms with E-state index >= 15 is 0 Å². The Kier molecular flexibility index (Phi) is 5.90. The van der Waals surface area contributed by atoms with Gasteiger partial charge in [-0.25, -0.2) is 0 Å². The van der Waals surface area contributed by atoms with Crippen LogP contribution in [0.25, 0.3) is 0 Å². The van der Waals surface area contributed by atoms with E-state index in [1.165, 1.54) is 0 Å². The minimum atomic E-state index is -0.788. The normalized spacial score (nSPS) is 13.6. The Bertz CT molecular complexity index is 732. The number of hydrogen-bond acceptors (Lipinski definition) is 3. The predicted octanol–water partition coefficient (Wildman–Crippen LogP) is 3.55. The van der Waals surface area contributed by atoms with Gasteiger partial charge in [0.15, 0.2) is 0 Å². The summed E-state index contributed by atoms with van der Waals surface area (Å²) >= 11 is 0. The van der Waals surface area contributed by atoms with Crippen LogP contribution in [0.2, 0.25) is 0 Å². The number of aliphatic hydroxyl groups excluding tert-OH is 1. The van der Waals surface area contributed by atoms with Crippen LogP contribution in [0.15, 0.2) is 30.3 Å². The molecule has 0 bridgehead atoms. The molecule has 0 aliphatic carbocycles. The van der Waals surface area contributed by atoms with Crippen LogP contribution in [0, 0.1) is 13.8 Å². The lowest BCUT2D eigenvalue weighted by atomic mass is 10.0. The lowest BCUT2D eigenvalue weighted by molar-refractivity contribution is 0.0851. The highest BCUT2D eigenvalue weighted by Gasteiger charge is 2.22. The quantitative estimate of drug-likeness (QED) is 0.842. The number of carbonyl (C=O) groups is 1. The Hall–Kier alpha value is -2.27. The highest BCUT2D eigenvalue weighted by Crippen LogP contribution is 2.22. The van der Waals surface area contributed by atoms with E-state index in [2.05, 4.69) is 23.7 Å². The van der Waals surface area contributed by atoms with E-state index in [0.29, 0.717) is 11.6 Å². The van der Waals surface area contributed by atoms with Crippen molar-refractivity contribution in [1.82, 2.24) is 9.88 Å². The van der Waals surface area contributed by atoms with Gasteiger partial charge in [-0.15, -0.1) is 0 Å². The van der Waals surface area contributed by atoms with Gasteiger partial charge in [-0.2, -0.15) is 0 Å². The number of aryl methyl sites for hydroxylation is 1. The van der Waals surface area contributed by atoms with Crippen LogP contribution < -0.4 is 10.1 Å². The second-order valence-electron chi connectivity index (χ2n) is 6.73. The van der Waals surface area contributed by atoms with Crippen molar-refractivity contribution in [1.29, 1.82) is 0 Å². The van der Waals surface area contributed by atoms with E-state index in [0.717, 1.165) is 22.7 Å². The molecule has 1 aromatic heterocycles. The fourth-order valence-electron chi connectivity index (χ4n) is 3.25. The Morgan fingerprint density at radius 1 is 1.16 bits per heavy atom. The minimum absolute atomic E-state index is 0.167. The molecule has 0 aliphatic rings. The van der Waals surface area contributed by atoms with Gasteiger partial charge in [0, 0.05) is 17.4 Å². The number of methoxy groups -OCH3 is 1. The third kappa shape index (κ3) is 4.04. The summed E-state index contributed by atoms with van der Waals surface area (Å²) in [6, 6.07) is 8.98. The monoisotopic (exact) mass is 344 g/mol. The molecule has 0 saturated carbocycles. The summed E-state index contributed by atoms with van der Waals surface area (Å²) < 4.78 is 7.26. The van der Waals surface area contributed by atoms with Crippen molar-refractivity contribution >= 4 is 5.91 Å². The summed E-state index contributed by atoms with van der Waals surface area (Å²) in [4.78, 5) is 12.6. The first-order valence-electron chi connectivity index (χ1n) is 8.57. The van der Waals surface area contributed by atoms with Crippen molar-refractivity contribution in [2.24, 2.45) is 0 Å². The highest BCUT2D eigenvalue weighted by molar-refractivity contribution is 5.96. The Morgan fingerprint density at radius 2 is 1.76 bits per heavy atom. The van der Waals surface area contributed by atoms with Gasteiger partial charge in [0.25, 0.3) is 5.91 Å². The maximum absolute atomic E-state index is 12.6. The Labute approximate surface area is 149 Å². The first-order chi connectivity index (χ1) is 11.8. The van der Waals surface area contributed by atoms with E-state index in [1.54, 1.807) is 38.3 Å². The number of amides is 1. The fourth-order valence-corrected chi connectivity index (χ4v) is 3.25. The number of benzene rings is 1. The molecule has 25 heavy (non-hydrogen) atoms. The molecule has 2 aromatic rings. The highest BCUT2D eigenvalue weighted by atomic mass is 16.5. The van der Waals surface area contributed by atoms with Crippen molar-refractivity contribution < 1.29 is 14.6 Å². The molecule has 1 aromatic carbocycles. The SMILES string of the molecule is COc1ccc(C(O)C(C)NC(=O)c2cc(C)n(C(C)C)c2C)cc1. The molecule has 0 saturated heterocycles. The second-order valence-corrected chi connectivity index (χ2v) is 6.73. The molecule has 5 heteroatoms. The number of aromatic nitrogens is 1. The zero-order chi connectivity index (χ0) is 18.7. The number of aliphatic hydroxyl groups is 1. The largest absolute Gasteiger partial charge is 0.497 e. The van der Waals surface area contributed by atoms with Crippen molar-refractivity contribution in [2.45, 2.75) is 52.8 Å². The van der Waals surface area contributed by atoms with Gasteiger partial charge in [0.2, 0.25) is 0 Å². The Morgan fingerprint density at radius 3 is 2.24 bits per heavy atom. The summed E-state index contributed by atoms with van der Waals surface area (Å²) in [7, 11) is 1.60. The van der Waals surface area contributed by atoms with Crippen LogP contribution in [-0.4, -0.2) is 28.7 Å². The number of carbonyl (C=O) groups excluding carboxylic acids is 1. The predicted molar refractivity (Wildman–Crippen MR) is 99.2 cm³/mol. The number of ether oxygens (including phenoxy) is 1. The molecular formula is C20H28N2O3. The van der Waals surface area contributed by atoms with E-state index in [9.17, 15) is 9.90 Å². The van der Waals surface area contributed by atoms with E-state index in [4.69, 9.17) is 4.74 Å². The van der Waals surface area contributed by atoms with Gasteiger partial charge in [0.05, 0.1) is 24.8 Å². The summed E-state index contributed by atoms with van der Waals surface area (Å²) in [5, 5.41) is 13.4. The van der Waals surface area contributed by atoms with Crippen molar-refractivity contribution in [3.05, 3.63) is 52.8 Å². The zero-order valence-corrected chi connectivity index (χ0v) is 15.8. The van der Waals surface area contributed by atoms with Gasteiger partial charge in [-0.3, -0.25) is 4.79 Å². The summed E-state index contributed by atoms with van der Waals surface area (Å²) in [5.74, 6) is 0.564. The standard InChI is InChI=1S/C20H28N2O3/c1-12(2)22-13(3)11-18(15(22)5)20(24)21-14(4)19(23)16-7-9-17(25-6)10-8-16/h7-12,14,19,23H,1-6H3,(H,21,24). The summed E-state index contributed by atoms with van der Waals surface area (Å²) in [6.45, 7) is 9.94.